The van der Waals surface area contributed by atoms with E-state index in [1.54, 1.807) is 6.92 Å². The molecule has 1 atom stereocenters. The van der Waals surface area contributed by atoms with Crippen LogP contribution in [0.15, 0.2) is 18.2 Å². The third-order valence-electron chi connectivity index (χ3n) is 2.51. The molecule has 0 heterocycles. The van der Waals surface area contributed by atoms with Crippen LogP contribution in [-0.2, 0) is 4.79 Å². The molecule has 1 aromatic rings. The minimum atomic E-state index is -0.559. The predicted octanol–water partition coefficient (Wildman–Crippen LogP) is 2.14. The van der Waals surface area contributed by atoms with Crippen molar-refractivity contribution in [2.75, 3.05) is 13.1 Å². The Bertz CT molecular complexity index is 410. The Kier molecular flexibility index (Phi) is 5.71. The monoisotopic (exact) mass is 256 g/mol. The number of hydrogen-bond donors (Lipinski definition) is 2. The predicted molar refractivity (Wildman–Crippen MR) is 66.1 cm³/mol. The molecular weight excluding hydrogens is 238 g/mol. The zero-order valence-electron chi connectivity index (χ0n) is 10.6. The number of carbonyl (C=O) groups is 1. The smallest absolute Gasteiger partial charge is 0.234 e. The summed E-state index contributed by atoms with van der Waals surface area (Å²) in [5, 5.41) is 5.55. The molecule has 100 valence electrons. The zero-order valence-corrected chi connectivity index (χ0v) is 10.6. The Morgan fingerprint density at radius 2 is 2.11 bits per heavy atom. The quantitative estimate of drug-likeness (QED) is 0.766. The average Bonchev–Trinajstić information content (AvgIpc) is 2.32. The van der Waals surface area contributed by atoms with Gasteiger partial charge < -0.3 is 10.6 Å². The van der Waals surface area contributed by atoms with E-state index in [-0.39, 0.29) is 18.0 Å². The third kappa shape index (κ3) is 4.41. The molecule has 0 aliphatic carbocycles. The first kappa shape index (κ1) is 14.6. The van der Waals surface area contributed by atoms with Crippen molar-refractivity contribution in [1.29, 1.82) is 0 Å². The fourth-order valence-electron chi connectivity index (χ4n) is 1.60. The van der Waals surface area contributed by atoms with Gasteiger partial charge in [-0.1, -0.05) is 6.92 Å². The van der Waals surface area contributed by atoms with E-state index in [9.17, 15) is 13.6 Å². The first-order valence-electron chi connectivity index (χ1n) is 5.99. The summed E-state index contributed by atoms with van der Waals surface area (Å²) in [7, 11) is 0. The molecule has 0 radical (unpaired) electrons. The molecule has 0 bridgehead atoms. The van der Waals surface area contributed by atoms with E-state index >= 15 is 0 Å². The fourth-order valence-corrected chi connectivity index (χ4v) is 1.60. The molecule has 1 rings (SSSR count). The molecule has 0 aliphatic rings. The molecule has 0 aliphatic heterocycles. The third-order valence-corrected chi connectivity index (χ3v) is 2.51. The van der Waals surface area contributed by atoms with Gasteiger partial charge in [-0.25, -0.2) is 8.78 Å². The van der Waals surface area contributed by atoms with Crippen molar-refractivity contribution in [2.45, 2.75) is 26.3 Å². The van der Waals surface area contributed by atoms with Crippen molar-refractivity contribution in [1.82, 2.24) is 10.6 Å². The molecule has 0 saturated carbocycles. The minimum absolute atomic E-state index is 0.152. The topological polar surface area (TPSA) is 41.1 Å². The molecule has 18 heavy (non-hydrogen) atoms. The fraction of sp³-hybridized carbons (Fsp3) is 0.462. The normalized spacial score (nSPS) is 12.2. The molecule has 3 nitrogen and oxygen atoms in total. The summed E-state index contributed by atoms with van der Waals surface area (Å²) in [6, 6.07) is 2.65. The van der Waals surface area contributed by atoms with Gasteiger partial charge in [0.05, 0.1) is 12.6 Å². The van der Waals surface area contributed by atoms with Crippen LogP contribution in [0.4, 0.5) is 8.78 Å². The van der Waals surface area contributed by atoms with E-state index in [0.717, 1.165) is 31.2 Å². The first-order valence-corrected chi connectivity index (χ1v) is 5.99. The molecule has 0 aromatic heterocycles. The second kappa shape index (κ2) is 7.06. The second-order valence-corrected chi connectivity index (χ2v) is 4.13. The van der Waals surface area contributed by atoms with Crippen molar-refractivity contribution < 1.29 is 13.6 Å². The zero-order chi connectivity index (χ0) is 13.5. The van der Waals surface area contributed by atoms with Crippen LogP contribution in [0, 0.1) is 11.6 Å². The van der Waals surface area contributed by atoms with Gasteiger partial charge >= 0.3 is 0 Å². The summed E-state index contributed by atoms with van der Waals surface area (Å²) in [6.45, 7) is 4.54. The number of halogens is 2. The highest BCUT2D eigenvalue weighted by molar-refractivity contribution is 5.78. The largest absolute Gasteiger partial charge is 0.348 e. The molecule has 0 spiro atoms. The van der Waals surface area contributed by atoms with Crippen LogP contribution in [0.3, 0.4) is 0 Å². The van der Waals surface area contributed by atoms with E-state index in [1.165, 1.54) is 0 Å². The summed E-state index contributed by atoms with van der Waals surface area (Å²) in [6.07, 6.45) is 0.932. The van der Waals surface area contributed by atoms with Crippen LogP contribution < -0.4 is 10.6 Å². The van der Waals surface area contributed by atoms with Crippen molar-refractivity contribution in [3.8, 4) is 0 Å². The van der Waals surface area contributed by atoms with E-state index in [4.69, 9.17) is 0 Å². The molecule has 2 N–H and O–H groups in total. The summed E-state index contributed by atoms with van der Waals surface area (Å²) in [5.41, 5.74) is 0.152. The SMILES string of the molecule is CCCNCC(=O)NC(C)c1cc(F)ccc1F. The first-order chi connectivity index (χ1) is 8.54. The maximum atomic E-state index is 13.4. The highest BCUT2D eigenvalue weighted by atomic mass is 19.1. The van der Waals surface area contributed by atoms with E-state index in [0.29, 0.717) is 0 Å². The molecular formula is C13H18F2N2O. The van der Waals surface area contributed by atoms with Crippen LogP contribution in [0.25, 0.3) is 0 Å². The number of hydrogen-bond acceptors (Lipinski definition) is 2. The van der Waals surface area contributed by atoms with E-state index in [1.807, 2.05) is 6.92 Å². The van der Waals surface area contributed by atoms with Gasteiger partial charge in [-0.15, -0.1) is 0 Å². The van der Waals surface area contributed by atoms with Gasteiger partial charge in [-0.2, -0.15) is 0 Å². The van der Waals surface area contributed by atoms with E-state index in [2.05, 4.69) is 10.6 Å². The van der Waals surface area contributed by atoms with Crippen molar-refractivity contribution >= 4 is 5.91 Å². The lowest BCUT2D eigenvalue weighted by atomic mass is 10.1. The second-order valence-electron chi connectivity index (χ2n) is 4.13. The Morgan fingerprint density at radius 1 is 1.39 bits per heavy atom. The lowest BCUT2D eigenvalue weighted by molar-refractivity contribution is -0.120. The summed E-state index contributed by atoms with van der Waals surface area (Å²) in [4.78, 5) is 11.5. The lowest BCUT2D eigenvalue weighted by Gasteiger charge is -2.15. The summed E-state index contributed by atoms with van der Waals surface area (Å²) in [5.74, 6) is -1.28. The van der Waals surface area contributed by atoms with Crippen molar-refractivity contribution in [2.24, 2.45) is 0 Å². The molecule has 1 amide bonds. The molecule has 0 saturated heterocycles. The standard InChI is InChI=1S/C13H18F2N2O/c1-3-6-16-8-13(18)17-9(2)11-7-10(14)4-5-12(11)15/h4-5,7,9,16H,3,6,8H2,1-2H3,(H,17,18). The molecule has 0 fully saturated rings. The van der Waals surface area contributed by atoms with Gasteiger partial charge in [-0.3, -0.25) is 4.79 Å². The highest BCUT2D eigenvalue weighted by Crippen LogP contribution is 2.17. The maximum Gasteiger partial charge on any atom is 0.234 e. The van der Waals surface area contributed by atoms with Crippen LogP contribution >= 0.6 is 0 Å². The van der Waals surface area contributed by atoms with E-state index < -0.39 is 17.7 Å². The number of rotatable bonds is 6. The maximum absolute atomic E-state index is 13.4. The summed E-state index contributed by atoms with van der Waals surface area (Å²) < 4.78 is 26.4. The Labute approximate surface area is 106 Å². The van der Waals surface area contributed by atoms with Gasteiger partial charge in [0.25, 0.3) is 0 Å². The average molecular weight is 256 g/mol. The molecule has 1 unspecified atom stereocenters. The van der Waals surface area contributed by atoms with Crippen molar-refractivity contribution in [3.63, 3.8) is 0 Å². The number of carbonyl (C=O) groups excluding carboxylic acids is 1. The molecule has 1 aromatic carbocycles. The van der Waals surface area contributed by atoms with Gasteiger partial charge in [-0.05, 0) is 38.1 Å². The van der Waals surface area contributed by atoms with Gasteiger partial charge in [0, 0.05) is 5.56 Å². The number of amides is 1. The number of nitrogens with one attached hydrogen (secondary N) is 2. The molecule has 5 heteroatoms. The Balaban J connectivity index is 2.56. The van der Waals surface area contributed by atoms with Crippen LogP contribution in [0.5, 0.6) is 0 Å². The van der Waals surface area contributed by atoms with Gasteiger partial charge in [0.15, 0.2) is 0 Å². The van der Waals surface area contributed by atoms with Crippen LogP contribution in [0.1, 0.15) is 31.9 Å². The van der Waals surface area contributed by atoms with Gasteiger partial charge in [0.2, 0.25) is 5.91 Å². The van der Waals surface area contributed by atoms with Crippen molar-refractivity contribution in [3.05, 3.63) is 35.4 Å². The Morgan fingerprint density at radius 3 is 2.78 bits per heavy atom. The highest BCUT2D eigenvalue weighted by Gasteiger charge is 2.14. The lowest BCUT2D eigenvalue weighted by Crippen LogP contribution is -2.35. The number of benzene rings is 1. The summed E-state index contributed by atoms with van der Waals surface area (Å²) >= 11 is 0. The van der Waals surface area contributed by atoms with Crippen LogP contribution in [0.2, 0.25) is 0 Å². The van der Waals surface area contributed by atoms with Crippen LogP contribution in [-0.4, -0.2) is 19.0 Å². The minimum Gasteiger partial charge on any atom is -0.348 e. The van der Waals surface area contributed by atoms with Gasteiger partial charge in [0.1, 0.15) is 11.6 Å². The Hall–Kier alpha value is -1.49.